The van der Waals surface area contributed by atoms with Gasteiger partial charge in [-0.25, -0.2) is 0 Å². The van der Waals surface area contributed by atoms with Gasteiger partial charge >= 0.3 is 0 Å². The van der Waals surface area contributed by atoms with Crippen LogP contribution in [0.15, 0.2) is 36.4 Å². The van der Waals surface area contributed by atoms with Crippen molar-refractivity contribution in [3.8, 4) is 5.75 Å². The highest BCUT2D eigenvalue weighted by Crippen LogP contribution is 2.32. The van der Waals surface area contributed by atoms with Gasteiger partial charge in [0.05, 0.1) is 0 Å². The third-order valence-corrected chi connectivity index (χ3v) is 3.43. The van der Waals surface area contributed by atoms with E-state index in [9.17, 15) is 0 Å². The van der Waals surface area contributed by atoms with E-state index in [1.54, 1.807) is 0 Å². The molecule has 94 valence electrons. The SMILES string of the molecule is C[C@H](Cl)CN1COc2ccc3ccccc3c2C1. The molecule has 2 aromatic rings. The Morgan fingerprint density at radius 1 is 1.28 bits per heavy atom. The van der Waals surface area contributed by atoms with Crippen LogP contribution in [-0.2, 0) is 6.54 Å². The Labute approximate surface area is 112 Å². The van der Waals surface area contributed by atoms with Crippen LogP contribution in [0.25, 0.3) is 10.8 Å². The molecule has 2 aromatic carbocycles. The largest absolute Gasteiger partial charge is 0.478 e. The summed E-state index contributed by atoms with van der Waals surface area (Å²) in [4.78, 5) is 2.24. The van der Waals surface area contributed by atoms with Crippen LogP contribution in [0.2, 0.25) is 0 Å². The lowest BCUT2D eigenvalue weighted by Gasteiger charge is -2.30. The molecule has 0 radical (unpaired) electrons. The highest BCUT2D eigenvalue weighted by Gasteiger charge is 2.20. The van der Waals surface area contributed by atoms with Crippen molar-refractivity contribution in [2.75, 3.05) is 13.3 Å². The van der Waals surface area contributed by atoms with Crippen molar-refractivity contribution < 1.29 is 4.74 Å². The molecule has 0 aliphatic carbocycles. The maximum absolute atomic E-state index is 6.06. The van der Waals surface area contributed by atoms with E-state index >= 15 is 0 Å². The average Bonchev–Trinajstić information content (AvgIpc) is 2.38. The number of hydrogen-bond acceptors (Lipinski definition) is 2. The molecule has 0 N–H and O–H groups in total. The van der Waals surface area contributed by atoms with Crippen molar-refractivity contribution in [1.82, 2.24) is 4.90 Å². The molecular weight excluding hydrogens is 246 g/mol. The van der Waals surface area contributed by atoms with Crippen molar-refractivity contribution in [1.29, 1.82) is 0 Å². The fourth-order valence-electron chi connectivity index (χ4n) is 2.52. The standard InChI is InChI=1S/C15H16ClNO/c1-11(16)8-17-9-14-13-5-3-2-4-12(13)6-7-15(14)18-10-17/h2-7,11H,8-10H2,1H3/t11-/m0/s1. The van der Waals surface area contributed by atoms with Crippen LogP contribution in [0.5, 0.6) is 5.75 Å². The summed E-state index contributed by atoms with van der Waals surface area (Å²) in [6.45, 7) is 4.40. The second kappa shape index (κ2) is 4.79. The molecule has 0 amide bonds. The molecular formula is C15H16ClNO. The number of nitrogens with zero attached hydrogens (tertiary/aromatic N) is 1. The molecule has 1 heterocycles. The normalized spacial score (nSPS) is 17.2. The van der Waals surface area contributed by atoms with E-state index < -0.39 is 0 Å². The minimum Gasteiger partial charge on any atom is -0.478 e. The lowest BCUT2D eigenvalue weighted by atomic mass is 10.0. The molecule has 0 saturated heterocycles. The molecule has 0 aromatic heterocycles. The molecule has 1 aliphatic rings. The highest BCUT2D eigenvalue weighted by atomic mass is 35.5. The van der Waals surface area contributed by atoms with Gasteiger partial charge in [0.1, 0.15) is 12.5 Å². The van der Waals surface area contributed by atoms with Crippen LogP contribution in [-0.4, -0.2) is 23.6 Å². The second-order valence-electron chi connectivity index (χ2n) is 4.83. The van der Waals surface area contributed by atoms with Crippen LogP contribution >= 0.6 is 11.6 Å². The Bertz CT molecular complexity index is 567. The first-order chi connectivity index (χ1) is 8.74. The first kappa shape index (κ1) is 11.8. The number of rotatable bonds is 2. The van der Waals surface area contributed by atoms with E-state index in [4.69, 9.17) is 16.3 Å². The Morgan fingerprint density at radius 2 is 2.11 bits per heavy atom. The monoisotopic (exact) mass is 261 g/mol. The maximum Gasteiger partial charge on any atom is 0.142 e. The van der Waals surface area contributed by atoms with E-state index in [1.165, 1.54) is 16.3 Å². The predicted octanol–water partition coefficient (Wildman–Crippen LogP) is 3.62. The van der Waals surface area contributed by atoms with E-state index in [0.717, 1.165) is 18.8 Å². The molecule has 0 saturated carbocycles. The lowest BCUT2D eigenvalue weighted by Crippen LogP contribution is -2.35. The van der Waals surface area contributed by atoms with E-state index in [-0.39, 0.29) is 5.38 Å². The van der Waals surface area contributed by atoms with Crippen molar-refractivity contribution in [2.24, 2.45) is 0 Å². The molecule has 1 atom stereocenters. The number of hydrogen-bond donors (Lipinski definition) is 0. The maximum atomic E-state index is 6.06. The second-order valence-corrected chi connectivity index (χ2v) is 5.57. The average molecular weight is 262 g/mol. The molecule has 2 nitrogen and oxygen atoms in total. The summed E-state index contributed by atoms with van der Waals surface area (Å²) >= 11 is 6.06. The zero-order chi connectivity index (χ0) is 12.5. The zero-order valence-electron chi connectivity index (χ0n) is 10.4. The van der Waals surface area contributed by atoms with E-state index in [2.05, 4.69) is 41.3 Å². The minimum atomic E-state index is 0.144. The molecule has 0 bridgehead atoms. The molecule has 0 fully saturated rings. The first-order valence-electron chi connectivity index (χ1n) is 6.24. The van der Waals surface area contributed by atoms with Gasteiger partial charge < -0.3 is 4.74 Å². The summed E-state index contributed by atoms with van der Waals surface area (Å²) in [6.07, 6.45) is 0. The number of halogens is 1. The van der Waals surface area contributed by atoms with Gasteiger partial charge in [-0.05, 0) is 23.8 Å². The fraction of sp³-hybridized carbons (Fsp3) is 0.333. The van der Waals surface area contributed by atoms with Gasteiger partial charge in [0, 0.05) is 24.0 Å². The third kappa shape index (κ3) is 2.18. The van der Waals surface area contributed by atoms with Gasteiger partial charge in [-0.3, -0.25) is 4.90 Å². The molecule has 3 heteroatoms. The molecule has 3 rings (SSSR count). The van der Waals surface area contributed by atoms with Crippen LogP contribution in [0, 0.1) is 0 Å². The highest BCUT2D eigenvalue weighted by molar-refractivity contribution is 6.20. The van der Waals surface area contributed by atoms with Crippen LogP contribution in [0.3, 0.4) is 0 Å². The number of benzene rings is 2. The van der Waals surface area contributed by atoms with Crippen LogP contribution in [0.1, 0.15) is 12.5 Å². The van der Waals surface area contributed by atoms with Gasteiger partial charge in [0.25, 0.3) is 0 Å². The van der Waals surface area contributed by atoms with Crippen LogP contribution < -0.4 is 4.74 Å². The predicted molar refractivity (Wildman–Crippen MR) is 75.2 cm³/mol. The van der Waals surface area contributed by atoms with E-state index in [1.807, 2.05) is 6.92 Å². The summed E-state index contributed by atoms with van der Waals surface area (Å²) in [5, 5.41) is 2.69. The minimum absolute atomic E-state index is 0.144. The summed E-state index contributed by atoms with van der Waals surface area (Å²) in [5.41, 5.74) is 1.27. The quantitative estimate of drug-likeness (QED) is 0.766. The van der Waals surface area contributed by atoms with Crippen molar-refractivity contribution >= 4 is 22.4 Å². The van der Waals surface area contributed by atoms with Gasteiger partial charge in [0.2, 0.25) is 0 Å². The molecule has 0 unspecified atom stereocenters. The summed E-state index contributed by atoms with van der Waals surface area (Å²) < 4.78 is 5.81. The van der Waals surface area contributed by atoms with Crippen LogP contribution in [0.4, 0.5) is 0 Å². The van der Waals surface area contributed by atoms with Gasteiger partial charge in [-0.15, -0.1) is 11.6 Å². The third-order valence-electron chi connectivity index (χ3n) is 3.29. The Morgan fingerprint density at radius 3 is 2.94 bits per heavy atom. The number of alkyl halides is 1. The Hall–Kier alpha value is -1.25. The van der Waals surface area contributed by atoms with Gasteiger partial charge in [0.15, 0.2) is 0 Å². The summed E-state index contributed by atoms with van der Waals surface area (Å²) in [6, 6.07) is 12.6. The first-order valence-corrected chi connectivity index (χ1v) is 6.67. The van der Waals surface area contributed by atoms with Gasteiger partial charge in [-0.1, -0.05) is 30.3 Å². The Kier molecular flexibility index (Phi) is 3.14. The Balaban J connectivity index is 1.99. The van der Waals surface area contributed by atoms with Crippen molar-refractivity contribution in [3.63, 3.8) is 0 Å². The van der Waals surface area contributed by atoms with E-state index in [0.29, 0.717) is 6.73 Å². The lowest BCUT2D eigenvalue weighted by molar-refractivity contribution is 0.0973. The topological polar surface area (TPSA) is 12.5 Å². The van der Waals surface area contributed by atoms with Gasteiger partial charge in [-0.2, -0.15) is 0 Å². The number of ether oxygens (including phenoxy) is 1. The molecule has 0 spiro atoms. The molecule has 1 aliphatic heterocycles. The molecule has 18 heavy (non-hydrogen) atoms. The number of fused-ring (bicyclic) bond motifs is 3. The zero-order valence-corrected chi connectivity index (χ0v) is 11.2. The summed E-state index contributed by atoms with van der Waals surface area (Å²) in [5.74, 6) is 1.01. The fourth-order valence-corrected chi connectivity index (χ4v) is 2.71. The smallest absolute Gasteiger partial charge is 0.142 e. The summed E-state index contributed by atoms with van der Waals surface area (Å²) in [7, 11) is 0. The van der Waals surface area contributed by atoms with Crippen molar-refractivity contribution in [2.45, 2.75) is 18.8 Å². The van der Waals surface area contributed by atoms with Crippen molar-refractivity contribution in [3.05, 3.63) is 42.0 Å².